The monoisotopic (exact) mass is 344 g/mol. The van der Waals surface area contributed by atoms with E-state index in [-0.39, 0.29) is 24.8 Å². The van der Waals surface area contributed by atoms with E-state index < -0.39 is 11.2 Å². The zero-order chi connectivity index (χ0) is 15.0. The highest BCUT2D eigenvalue weighted by atomic mass is 35.5. The van der Waals surface area contributed by atoms with Gasteiger partial charge < -0.3 is 21.7 Å². The Labute approximate surface area is 143 Å². The van der Waals surface area contributed by atoms with E-state index in [1.54, 1.807) is 62.4 Å². The first-order valence-corrected chi connectivity index (χ1v) is 6.42. The van der Waals surface area contributed by atoms with Crippen LogP contribution in [0.3, 0.4) is 0 Å². The second kappa shape index (κ2) is 7.20. The molecule has 0 aromatic heterocycles. The predicted molar refractivity (Wildman–Crippen MR) is 95.3 cm³/mol. The standard InChI is InChI=1S/C16H20N2O2.2ClH/c1-15(19,11-3-7-13(17)8-4-11)16(2,20)12-5-9-14(18)10-6-12;;/h3-10,19-20H,17-18H2,1-2H3;2*1H. The van der Waals surface area contributed by atoms with E-state index in [9.17, 15) is 10.2 Å². The van der Waals surface area contributed by atoms with Gasteiger partial charge in [-0.2, -0.15) is 0 Å². The number of nitrogen functional groups attached to an aromatic ring is 2. The van der Waals surface area contributed by atoms with Crippen molar-refractivity contribution < 1.29 is 10.2 Å². The number of benzene rings is 2. The summed E-state index contributed by atoms with van der Waals surface area (Å²) < 4.78 is 0. The van der Waals surface area contributed by atoms with Crippen LogP contribution >= 0.6 is 24.8 Å². The Hall–Kier alpha value is -1.46. The highest BCUT2D eigenvalue weighted by Gasteiger charge is 2.44. The van der Waals surface area contributed by atoms with Crippen LogP contribution in [0.25, 0.3) is 0 Å². The number of rotatable bonds is 3. The average molecular weight is 345 g/mol. The quantitative estimate of drug-likeness (QED) is 0.644. The summed E-state index contributed by atoms with van der Waals surface area (Å²) in [6, 6.07) is 13.6. The molecule has 22 heavy (non-hydrogen) atoms. The van der Waals surface area contributed by atoms with Crippen LogP contribution < -0.4 is 11.5 Å². The fraction of sp³-hybridized carbons (Fsp3) is 0.250. The van der Waals surface area contributed by atoms with Gasteiger partial charge in [0.2, 0.25) is 0 Å². The molecule has 4 nitrogen and oxygen atoms in total. The van der Waals surface area contributed by atoms with E-state index in [1.165, 1.54) is 0 Å². The summed E-state index contributed by atoms with van der Waals surface area (Å²) in [6.45, 7) is 3.16. The SMILES string of the molecule is CC(O)(c1ccc(N)cc1)C(C)(O)c1ccc(N)cc1.Cl.Cl. The number of hydrogen-bond donors (Lipinski definition) is 4. The molecule has 0 fully saturated rings. The van der Waals surface area contributed by atoms with E-state index in [0.29, 0.717) is 22.5 Å². The molecule has 0 saturated carbocycles. The highest BCUT2D eigenvalue weighted by molar-refractivity contribution is 5.85. The third kappa shape index (κ3) is 3.65. The maximum absolute atomic E-state index is 10.8. The second-order valence-corrected chi connectivity index (χ2v) is 5.39. The molecule has 0 radical (unpaired) electrons. The van der Waals surface area contributed by atoms with Gasteiger partial charge in [0.05, 0.1) is 0 Å². The molecule has 0 bridgehead atoms. The van der Waals surface area contributed by atoms with Gasteiger partial charge in [-0.1, -0.05) is 24.3 Å². The largest absolute Gasteiger partial charge is 0.399 e. The zero-order valence-corrected chi connectivity index (χ0v) is 14.1. The maximum Gasteiger partial charge on any atom is 0.119 e. The lowest BCUT2D eigenvalue weighted by atomic mass is 9.76. The van der Waals surface area contributed by atoms with Crippen LogP contribution in [0, 0.1) is 0 Å². The van der Waals surface area contributed by atoms with E-state index >= 15 is 0 Å². The van der Waals surface area contributed by atoms with Crippen molar-refractivity contribution in [3.63, 3.8) is 0 Å². The molecular formula is C16H22Cl2N2O2. The number of halogens is 2. The minimum absolute atomic E-state index is 0. The van der Waals surface area contributed by atoms with Gasteiger partial charge in [0.15, 0.2) is 0 Å². The van der Waals surface area contributed by atoms with Crippen molar-refractivity contribution in [2.24, 2.45) is 0 Å². The van der Waals surface area contributed by atoms with Gasteiger partial charge in [-0.25, -0.2) is 0 Å². The second-order valence-electron chi connectivity index (χ2n) is 5.39. The van der Waals surface area contributed by atoms with Crippen LogP contribution in [0.4, 0.5) is 11.4 Å². The molecule has 2 atom stereocenters. The summed E-state index contributed by atoms with van der Waals surface area (Å²) in [7, 11) is 0. The summed E-state index contributed by atoms with van der Waals surface area (Å²) in [5.74, 6) is 0. The summed E-state index contributed by atoms with van der Waals surface area (Å²) in [6.07, 6.45) is 0. The molecule has 0 amide bonds. The van der Waals surface area contributed by atoms with Gasteiger partial charge in [-0.05, 0) is 49.2 Å². The van der Waals surface area contributed by atoms with Crippen LogP contribution in [0.2, 0.25) is 0 Å². The van der Waals surface area contributed by atoms with Gasteiger partial charge in [0, 0.05) is 11.4 Å². The first-order chi connectivity index (χ1) is 9.25. The molecule has 6 N–H and O–H groups in total. The lowest BCUT2D eigenvalue weighted by Gasteiger charge is -2.39. The first kappa shape index (κ1) is 20.5. The van der Waals surface area contributed by atoms with Gasteiger partial charge in [0.25, 0.3) is 0 Å². The van der Waals surface area contributed by atoms with E-state index in [4.69, 9.17) is 11.5 Å². The fourth-order valence-corrected chi connectivity index (χ4v) is 2.18. The smallest absolute Gasteiger partial charge is 0.119 e. The van der Waals surface area contributed by atoms with Crippen molar-refractivity contribution >= 4 is 36.2 Å². The third-order valence-electron chi connectivity index (χ3n) is 3.89. The summed E-state index contributed by atoms with van der Waals surface area (Å²) in [5.41, 5.74) is 10.8. The first-order valence-electron chi connectivity index (χ1n) is 6.42. The highest BCUT2D eigenvalue weighted by Crippen LogP contribution is 2.40. The van der Waals surface area contributed by atoms with Crippen molar-refractivity contribution in [1.29, 1.82) is 0 Å². The van der Waals surface area contributed by atoms with E-state index in [0.717, 1.165) is 0 Å². The lowest BCUT2D eigenvalue weighted by molar-refractivity contribution is -0.143. The van der Waals surface area contributed by atoms with Crippen LogP contribution in [-0.2, 0) is 11.2 Å². The molecule has 0 aliphatic rings. The zero-order valence-electron chi connectivity index (χ0n) is 12.5. The molecule has 2 unspecified atom stereocenters. The Balaban J connectivity index is 0.00000220. The Bertz CT molecular complexity index is 541. The maximum atomic E-state index is 10.8. The topological polar surface area (TPSA) is 92.5 Å². The van der Waals surface area contributed by atoms with Gasteiger partial charge in [-0.3, -0.25) is 0 Å². The van der Waals surface area contributed by atoms with Gasteiger partial charge in [-0.15, -0.1) is 24.8 Å². The van der Waals surface area contributed by atoms with Crippen LogP contribution in [0.15, 0.2) is 48.5 Å². The molecule has 122 valence electrons. The molecule has 2 rings (SSSR count). The number of nitrogens with two attached hydrogens (primary N) is 2. The molecule has 2 aromatic carbocycles. The molecule has 0 spiro atoms. The number of aliphatic hydroxyl groups is 2. The molecule has 2 aromatic rings. The Kier molecular flexibility index (Phi) is 6.72. The van der Waals surface area contributed by atoms with Crippen molar-refractivity contribution in [3.8, 4) is 0 Å². The average Bonchev–Trinajstić information content (AvgIpc) is 2.39. The lowest BCUT2D eigenvalue weighted by Crippen LogP contribution is -2.45. The fourth-order valence-electron chi connectivity index (χ4n) is 2.18. The van der Waals surface area contributed by atoms with Crippen molar-refractivity contribution in [1.82, 2.24) is 0 Å². The molecule has 0 aliphatic carbocycles. The number of hydrogen-bond acceptors (Lipinski definition) is 4. The normalized spacial score (nSPS) is 15.6. The molecule has 0 saturated heterocycles. The van der Waals surface area contributed by atoms with E-state index in [2.05, 4.69) is 0 Å². The number of anilines is 2. The summed E-state index contributed by atoms with van der Waals surface area (Å²) in [4.78, 5) is 0. The predicted octanol–water partition coefficient (Wildman–Crippen LogP) is 2.81. The van der Waals surface area contributed by atoms with Crippen molar-refractivity contribution in [2.45, 2.75) is 25.0 Å². The Morgan fingerprint density at radius 1 is 0.636 bits per heavy atom. The third-order valence-corrected chi connectivity index (χ3v) is 3.89. The minimum atomic E-state index is -1.46. The Morgan fingerprint density at radius 3 is 1.09 bits per heavy atom. The van der Waals surface area contributed by atoms with Crippen LogP contribution in [0.1, 0.15) is 25.0 Å². The van der Waals surface area contributed by atoms with Crippen LogP contribution in [-0.4, -0.2) is 10.2 Å². The van der Waals surface area contributed by atoms with Crippen molar-refractivity contribution in [3.05, 3.63) is 59.7 Å². The summed E-state index contributed by atoms with van der Waals surface area (Å²) in [5, 5.41) is 21.6. The van der Waals surface area contributed by atoms with Crippen LogP contribution in [0.5, 0.6) is 0 Å². The van der Waals surface area contributed by atoms with Gasteiger partial charge >= 0.3 is 0 Å². The van der Waals surface area contributed by atoms with E-state index in [1.807, 2.05) is 0 Å². The molecule has 6 heteroatoms. The Morgan fingerprint density at radius 2 is 0.864 bits per heavy atom. The summed E-state index contributed by atoms with van der Waals surface area (Å²) >= 11 is 0. The molecule has 0 aliphatic heterocycles. The molecule has 0 heterocycles. The van der Waals surface area contributed by atoms with Gasteiger partial charge in [0.1, 0.15) is 11.2 Å². The van der Waals surface area contributed by atoms with Crippen molar-refractivity contribution in [2.75, 3.05) is 11.5 Å². The minimum Gasteiger partial charge on any atom is -0.399 e. The molecular weight excluding hydrogens is 323 g/mol.